The average molecular weight is 326 g/mol. The van der Waals surface area contributed by atoms with Gasteiger partial charge in [0.05, 0.1) is 12.2 Å². The second-order valence-electron chi connectivity index (χ2n) is 6.30. The topological polar surface area (TPSA) is 46.5 Å². The minimum absolute atomic E-state index is 0.131. The molecule has 1 aliphatic rings. The summed E-state index contributed by atoms with van der Waals surface area (Å²) >= 11 is 0. The van der Waals surface area contributed by atoms with Gasteiger partial charge in [0.2, 0.25) is 0 Å². The molecule has 0 aromatic heterocycles. The highest BCUT2D eigenvalue weighted by Crippen LogP contribution is 2.34. The van der Waals surface area contributed by atoms with Crippen LogP contribution >= 0.6 is 0 Å². The van der Waals surface area contributed by atoms with Crippen LogP contribution < -0.4 is 0 Å². The van der Waals surface area contributed by atoms with Gasteiger partial charge in [-0.05, 0) is 49.5 Å². The summed E-state index contributed by atoms with van der Waals surface area (Å²) < 4.78 is 6.10. The molecule has 24 heavy (non-hydrogen) atoms. The molecule has 3 nitrogen and oxygen atoms in total. The number of aliphatic carboxylic acids is 1. The van der Waals surface area contributed by atoms with Crippen molar-refractivity contribution < 1.29 is 14.6 Å². The smallest absolute Gasteiger partial charge is 0.328 e. The van der Waals surface area contributed by atoms with Crippen LogP contribution in [0.15, 0.2) is 54.1 Å². The Kier molecular flexibility index (Phi) is 6.56. The molecule has 2 rings (SSSR count). The summed E-state index contributed by atoms with van der Waals surface area (Å²) in [5.41, 5.74) is 3.45. The molecule has 0 saturated heterocycles. The van der Waals surface area contributed by atoms with Crippen molar-refractivity contribution in [3.05, 3.63) is 65.3 Å². The molecule has 0 bridgehead atoms. The molecular weight excluding hydrogens is 300 g/mol. The number of carboxylic acids is 1. The summed E-state index contributed by atoms with van der Waals surface area (Å²) in [6.07, 6.45) is 11.5. The van der Waals surface area contributed by atoms with Crippen LogP contribution in [0.3, 0.4) is 0 Å². The number of benzene rings is 1. The van der Waals surface area contributed by atoms with E-state index in [1.807, 2.05) is 12.1 Å². The molecule has 0 fully saturated rings. The van der Waals surface area contributed by atoms with E-state index in [1.54, 1.807) is 6.08 Å². The third kappa shape index (κ3) is 4.93. The van der Waals surface area contributed by atoms with Crippen LogP contribution in [0.4, 0.5) is 0 Å². The van der Waals surface area contributed by atoms with E-state index in [9.17, 15) is 4.79 Å². The maximum atomic E-state index is 10.6. The monoisotopic (exact) mass is 326 g/mol. The largest absolute Gasteiger partial charge is 0.478 e. The maximum Gasteiger partial charge on any atom is 0.328 e. The third-order valence-corrected chi connectivity index (χ3v) is 4.15. The van der Waals surface area contributed by atoms with Gasteiger partial charge in [0.1, 0.15) is 0 Å². The summed E-state index contributed by atoms with van der Waals surface area (Å²) in [5.74, 6) is -0.616. The molecule has 2 unspecified atom stereocenters. The molecule has 0 radical (unpaired) electrons. The standard InChI is InChI=1S/C21H26O3/c1-4-18(19-7-5-6-8-20(19)24-15(2)3)17-12-9-16(10-13-17)11-14-21(22)23/h5-7,9-15,18,20H,4,8H2,1-3H3,(H,22,23)/b14-11+. The van der Waals surface area contributed by atoms with Gasteiger partial charge in [-0.15, -0.1) is 0 Å². The maximum absolute atomic E-state index is 10.6. The van der Waals surface area contributed by atoms with Gasteiger partial charge in [-0.3, -0.25) is 0 Å². The van der Waals surface area contributed by atoms with E-state index in [0.717, 1.165) is 24.5 Å². The number of ether oxygens (including phenoxy) is 1. The SMILES string of the molecule is CCC(C1=CC=CCC1OC(C)C)c1ccc(/C=C/C(=O)O)cc1. The van der Waals surface area contributed by atoms with E-state index in [2.05, 4.69) is 51.1 Å². The molecule has 2 atom stereocenters. The van der Waals surface area contributed by atoms with E-state index in [4.69, 9.17) is 9.84 Å². The number of carbonyl (C=O) groups is 1. The Labute approximate surface area is 144 Å². The van der Waals surface area contributed by atoms with Crippen LogP contribution in [0.25, 0.3) is 6.08 Å². The Hall–Kier alpha value is -2.13. The van der Waals surface area contributed by atoms with Gasteiger partial charge in [0, 0.05) is 12.0 Å². The quantitative estimate of drug-likeness (QED) is 0.721. The molecular formula is C21H26O3. The average Bonchev–Trinajstić information content (AvgIpc) is 2.56. The molecule has 1 aromatic rings. The van der Waals surface area contributed by atoms with Crippen molar-refractivity contribution in [2.45, 2.75) is 51.7 Å². The predicted molar refractivity (Wildman–Crippen MR) is 98.0 cm³/mol. The Morgan fingerprint density at radius 1 is 1.33 bits per heavy atom. The first kappa shape index (κ1) is 18.2. The minimum Gasteiger partial charge on any atom is -0.478 e. The summed E-state index contributed by atoms with van der Waals surface area (Å²) in [6, 6.07) is 8.10. The summed E-state index contributed by atoms with van der Waals surface area (Å²) in [4.78, 5) is 10.6. The van der Waals surface area contributed by atoms with E-state index in [0.29, 0.717) is 5.92 Å². The Bertz CT molecular complexity index is 636. The highest BCUT2D eigenvalue weighted by Gasteiger charge is 2.24. The lowest BCUT2D eigenvalue weighted by atomic mass is 9.82. The van der Waals surface area contributed by atoms with Crippen LogP contribution in [0.5, 0.6) is 0 Å². The van der Waals surface area contributed by atoms with E-state index >= 15 is 0 Å². The van der Waals surface area contributed by atoms with Crippen LogP contribution in [-0.4, -0.2) is 23.3 Å². The lowest BCUT2D eigenvalue weighted by molar-refractivity contribution is -0.131. The van der Waals surface area contributed by atoms with Gasteiger partial charge in [0.25, 0.3) is 0 Å². The van der Waals surface area contributed by atoms with Crippen molar-refractivity contribution >= 4 is 12.0 Å². The highest BCUT2D eigenvalue weighted by molar-refractivity contribution is 5.85. The fourth-order valence-corrected chi connectivity index (χ4v) is 3.10. The molecule has 128 valence electrons. The zero-order chi connectivity index (χ0) is 17.5. The number of hydrogen-bond acceptors (Lipinski definition) is 2. The fraction of sp³-hybridized carbons (Fsp3) is 0.381. The molecule has 1 N–H and O–H groups in total. The summed E-state index contributed by atoms with van der Waals surface area (Å²) in [7, 11) is 0. The molecule has 0 saturated carbocycles. The first-order chi connectivity index (χ1) is 11.5. The van der Waals surface area contributed by atoms with E-state index < -0.39 is 5.97 Å². The minimum atomic E-state index is -0.932. The van der Waals surface area contributed by atoms with Gasteiger partial charge in [0.15, 0.2) is 0 Å². The molecule has 0 aliphatic heterocycles. The van der Waals surface area contributed by atoms with Crippen molar-refractivity contribution in [2.75, 3.05) is 0 Å². The number of hydrogen-bond donors (Lipinski definition) is 1. The second-order valence-corrected chi connectivity index (χ2v) is 6.30. The first-order valence-corrected chi connectivity index (χ1v) is 8.54. The van der Waals surface area contributed by atoms with Crippen LogP contribution in [-0.2, 0) is 9.53 Å². The van der Waals surface area contributed by atoms with Gasteiger partial charge < -0.3 is 9.84 Å². The van der Waals surface area contributed by atoms with Crippen molar-refractivity contribution in [3.8, 4) is 0 Å². The highest BCUT2D eigenvalue weighted by atomic mass is 16.5. The van der Waals surface area contributed by atoms with Gasteiger partial charge >= 0.3 is 5.97 Å². The normalized spacial score (nSPS) is 18.8. The molecule has 0 amide bonds. The fourth-order valence-electron chi connectivity index (χ4n) is 3.10. The van der Waals surface area contributed by atoms with Crippen molar-refractivity contribution in [3.63, 3.8) is 0 Å². The van der Waals surface area contributed by atoms with Gasteiger partial charge in [-0.25, -0.2) is 4.79 Å². The van der Waals surface area contributed by atoms with Crippen molar-refractivity contribution in [2.24, 2.45) is 0 Å². The van der Waals surface area contributed by atoms with Crippen molar-refractivity contribution in [1.82, 2.24) is 0 Å². The van der Waals surface area contributed by atoms with E-state index in [-0.39, 0.29) is 12.2 Å². The van der Waals surface area contributed by atoms with Crippen LogP contribution in [0.2, 0.25) is 0 Å². The number of allylic oxidation sites excluding steroid dienone is 2. The van der Waals surface area contributed by atoms with Gasteiger partial charge in [-0.1, -0.05) is 49.4 Å². The van der Waals surface area contributed by atoms with E-state index in [1.165, 1.54) is 11.1 Å². The lowest BCUT2D eigenvalue weighted by Crippen LogP contribution is -2.24. The van der Waals surface area contributed by atoms with Crippen LogP contribution in [0.1, 0.15) is 50.7 Å². The third-order valence-electron chi connectivity index (χ3n) is 4.15. The predicted octanol–water partition coefficient (Wildman–Crippen LogP) is 4.96. The summed E-state index contributed by atoms with van der Waals surface area (Å²) in [6.45, 7) is 6.33. The molecule has 0 heterocycles. The molecule has 3 heteroatoms. The molecule has 1 aliphatic carbocycles. The zero-order valence-electron chi connectivity index (χ0n) is 14.6. The number of carboxylic acid groups (broad SMARTS) is 1. The second kappa shape index (κ2) is 8.65. The lowest BCUT2D eigenvalue weighted by Gasteiger charge is -2.30. The Morgan fingerprint density at radius 3 is 2.62 bits per heavy atom. The molecule has 1 aromatic carbocycles. The van der Waals surface area contributed by atoms with Crippen molar-refractivity contribution in [1.29, 1.82) is 0 Å². The number of rotatable bonds is 7. The Morgan fingerprint density at radius 2 is 2.04 bits per heavy atom. The summed E-state index contributed by atoms with van der Waals surface area (Å²) in [5, 5.41) is 8.71. The van der Waals surface area contributed by atoms with Crippen LogP contribution in [0, 0.1) is 0 Å². The zero-order valence-corrected chi connectivity index (χ0v) is 14.6. The molecule has 0 spiro atoms. The first-order valence-electron chi connectivity index (χ1n) is 8.54. The Balaban J connectivity index is 2.22. The van der Waals surface area contributed by atoms with Gasteiger partial charge in [-0.2, -0.15) is 0 Å².